The van der Waals surface area contributed by atoms with Gasteiger partial charge >= 0.3 is 0 Å². The fourth-order valence-corrected chi connectivity index (χ4v) is 1.51. The van der Waals surface area contributed by atoms with Crippen LogP contribution in [-0.2, 0) is 9.47 Å². The number of rotatable bonds is 4. The van der Waals surface area contributed by atoms with Crippen molar-refractivity contribution < 1.29 is 9.47 Å². The van der Waals surface area contributed by atoms with Gasteiger partial charge in [-0.15, -0.1) is 0 Å². The fraction of sp³-hybridized carbons (Fsp3) is 0.545. The Morgan fingerprint density at radius 2 is 2.33 bits per heavy atom. The van der Waals surface area contributed by atoms with Crippen LogP contribution in [0, 0.1) is 0 Å². The minimum atomic E-state index is -0.139. The van der Waals surface area contributed by atoms with Crippen LogP contribution >= 0.6 is 0 Å². The van der Waals surface area contributed by atoms with Crippen molar-refractivity contribution in [3.05, 3.63) is 30.1 Å². The van der Waals surface area contributed by atoms with E-state index in [0.717, 1.165) is 5.69 Å². The first-order valence-electron chi connectivity index (χ1n) is 5.17. The first-order chi connectivity index (χ1) is 7.27. The Hall–Kier alpha value is -0.970. The molecule has 0 aliphatic carbocycles. The molecule has 0 saturated carbocycles. The van der Waals surface area contributed by atoms with Crippen LogP contribution in [0.15, 0.2) is 24.4 Å². The van der Waals surface area contributed by atoms with Crippen molar-refractivity contribution in [1.82, 2.24) is 4.98 Å². The first-order valence-corrected chi connectivity index (χ1v) is 5.17. The molecular weight excluding hydrogens is 192 g/mol. The van der Waals surface area contributed by atoms with E-state index >= 15 is 0 Å². The van der Waals surface area contributed by atoms with E-state index in [1.54, 1.807) is 6.20 Å². The zero-order valence-electron chi connectivity index (χ0n) is 8.80. The van der Waals surface area contributed by atoms with Gasteiger partial charge in [0.25, 0.3) is 0 Å². The summed E-state index contributed by atoms with van der Waals surface area (Å²) in [6.07, 6.45) is 1.79. The summed E-state index contributed by atoms with van der Waals surface area (Å²) >= 11 is 0. The molecule has 1 aromatic heterocycles. The van der Waals surface area contributed by atoms with Gasteiger partial charge in [-0.05, 0) is 19.1 Å². The van der Waals surface area contributed by atoms with Crippen LogP contribution in [0.5, 0.6) is 0 Å². The molecule has 1 saturated heterocycles. The molecule has 4 nitrogen and oxygen atoms in total. The third kappa shape index (κ3) is 2.53. The van der Waals surface area contributed by atoms with Crippen LogP contribution in [0.3, 0.4) is 0 Å². The third-order valence-electron chi connectivity index (χ3n) is 2.40. The number of hydrogen-bond donors (Lipinski definition) is 1. The lowest BCUT2D eigenvalue weighted by Crippen LogP contribution is -2.40. The SMILES string of the molecule is CC(N)C(OC1COC1)c1ccccn1. The van der Waals surface area contributed by atoms with E-state index in [2.05, 4.69) is 4.98 Å². The molecule has 2 N–H and O–H groups in total. The van der Waals surface area contributed by atoms with E-state index in [9.17, 15) is 0 Å². The summed E-state index contributed by atoms with van der Waals surface area (Å²) in [5, 5.41) is 0. The maximum atomic E-state index is 5.89. The largest absolute Gasteiger partial charge is 0.376 e. The minimum absolute atomic E-state index is 0.0690. The smallest absolute Gasteiger partial charge is 0.115 e. The van der Waals surface area contributed by atoms with Crippen LogP contribution < -0.4 is 5.73 Å². The van der Waals surface area contributed by atoms with Crippen LogP contribution in [0.25, 0.3) is 0 Å². The predicted molar refractivity (Wildman–Crippen MR) is 56.3 cm³/mol. The van der Waals surface area contributed by atoms with Gasteiger partial charge in [-0.2, -0.15) is 0 Å². The van der Waals surface area contributed by atoms with Crippen molar-refractivity contribution in [3.63, 3.8) is 0 Å². The topological polar surface area (TPSA) is 57.4 Å². The second-order valence-electron chi connectivity index (χ2n) is 3.83. The van der Waals surface area contributed by atoms with Gasteiger partial charge in [0.2, 0.25) is 0 Å². The maximum Gasteiger partial charge on any atom is 0.115 e. The highest BCUT2D eigenvalue weighted by molar-refractivity contribution is 5.09. The molecule has 82 valence electrons. The molecule has 0 spiro atoms. The standard InChI is InChI=1S/C11H16N2O2/c1-8(12)11(15-9-6-14-7-9)10-4-2-3-5-13-10/h2-5,8-9,11H,6-7,12H2,1H3. The van der Waals surface area contributed by atoms with Gasteiger partial charge in [0.1, 0.15) is 12.2 Å². The molecule has 1 fully saturated rings. The van der Waals surface area contributed by atoms with Crippen LogP contribution in [0.4, 0.5) is 0 Å². The van der Waals surface area contributed by atoms with Crippen molar-refractivity contribution in [2.75, 3.05) is 13.2 Å². The van der Waals surface area contributed by atoms with Crippen LogP contribution in [0.1, 0.15) is 18.7 Å². The minimum Gasteiger partial charge on any atom is -0.376 e. The molecule has 0 radical (unpaired) electrons. The van der Waals surface area contributed by atoms with Crippen LogP contribution in [-0.4, -0.2) is 30.3 Å². The van der Waals surface area contributed by atoms with E-state index in [1.165, 1.54) is 0 Å². The summed E-state index contributed by atoms with van der Waals surface area (Å²) in [4.78, 5) is 4.27. The normalized spacial score (nSPS) is 20.7. The van der Waals surface area contributed by atoms with Gasteiger partial charge in [0.05, 0.1) is 18.9 Å². The molecule has 1 aliphatic heterocycles. The Morgan fingerprint density at radius 3 is 2.80 bits per heavy atom. The molecule has 1 aliphatic rings. The molecule has 0 bridgehead atoms. The van der Waals surface area contributed by atoms with Crippen molar-refractivity contribution in [3.8, 4) is 0 Å². The molecule has 2 atom stereocenters. The second kappa shape index (κ2) is 4.70. The molecule has 4 heteroatoms. The zero-order chi connectivity index (χ0) is 10.7. The Labute approximate surface area is 89.4 Å². The average molecular weight is 208 g/mol. The first kappa shape index (κ1) is 10.5. The van der Waals surface area contributed by atoms with Gasteiger partial charge < -0.3 is 15.2 Å². The summed E-state index contributed by atoms with van der Waals surface area (Å²) < 4.78 is 10.9. The fourth-order valence-electron chi connectivity index (χ4n) is 1.51. The maximum absolute atomic E-state index is 5.89. The summed E-state index contributed by atoms with van der Waals surface area (Å²) in [6, 6.07) is 5.70. The predicted octanol–water partition coefficient (Wildman–Crippen LogP) is 0.885. The average Bonchev–Trinajstić information content (AvgIpc) is 2.17. The quantitative estimate of drug-likeness (QED) is 0.798. The number of nitrogens with zero attached hydrogens (tertiary/aromatic N) is 1. The van der Waals surface area contributed by atoms with Gasteiger partial charge in [-0.3, -0.25) is 4.98 Å². The summed E-state index contributed by atoms with van der Waals surface area (Å²) in [5.74, 6) is 0. The van der Waals surface area contributed by atoms with E-state index in [4.69, 9.17) is 15.2 Å². The van der Waals surface area contributed by atoms with Crippen molar-refractivity contribution in [1.29, 1.82) is 0 Å². The Kier molecular flexibility index (Phi) is 3.30. The second-order valence-corrected chi connectivity index (χ2v) is 3.83. The number of pyridine rings is 1. The summed E-state index contributed by atoms with van der Waals surface area (Å²) in [5.41, 5.74) is 6.78. The number of ether oxygens (including phenoxy) is 2. The molecule has 1 aromatic rings. The highest BCUT2D eigenvalue weighted by atomic mass is 16.6. The van der Waals surface area contributed by atoms with Crippen molar-refractivity contribution >= 4 is 0 Å². The summed E-state index contributed by atoms with van der Waals surface area (Å²) in [6.45, 7) is 3.25. The zero-order valence-corrected chi connectivity index (χ0v) is 8.80. The molecular formula is C11H16N2O2. The Morgan fingerprint density at radius 1 is 1.53 bits per heavy atom. The molecule has 15 heavy (non-hydrogen) atoms. The van der Waals surface area contributed by atoms with Gasteiger partial charge in [-0.1, -0.05) is 6.07 Å². The van der Waals surface area contributed by atoms with Crippen molar-refractivity contribution in [2.45, 2.75) is 25.2 Å². The van der Waals surface area contributed by atoms with E-state index in [1.807, 2.05) is 25.1 Å². The Balaban J connectivity index is 2.05. The number of aromatic nitrogens is 1. The van der Waals surface area contributed by atoms with Crippen molar-refractivity contribution in [2.24, 2.45) is 5.73 Å². The lowest BCUT2D eigenvalue weighted by Gasteiger charge is -2.31. The van der Waals surface area contributed by atoms with E-state index < -0.39 is 0 Å². The molecule has 0 amide bonds. The van der Waals surface area contributed by atoms with Crippen LogP contribution in [0.2, 0.25) is 0 Å². The Bertz CT molecular complexity index is 299. The highest BCUT2D eigenvalue weighted by Crippen LogP contribution is 2.22. The van der Waals surface area contributed by atoms with E-state index in [-0.39, 0.29) is 18.2 Å². The third-order valence-corrected chi connectivity index (χ3v) is 2.40. The number of hydrogen-bond acceptors (Lipinski definition) is 4. The molecule has 2 heterocycles. The molecule has 0 aromatic carbocycles. The summed E-state index contributed by atoms with van der Waals surface area (Å²) in [7, 11) is 0. The highest BCUT2D eigenvalue weighted by Gasteiger charge is 2.27. The monoisotopic (exact) mass is 208 g/mol. The van der Waals surface area contributed by atoms with Gasteiger partial charge in [-0.25, -0.2) is 0 Å². The van der Waals surface area contributed by atoms with Gasteiger partial charge in [0.15, 0.2) is 0 Å². The lowest BCUT2D eigenvalue weighted by atomic mass is 10.1. The van der Waals surface area contributed by atoms with E-state index in [0.29, 0.717) is 13.2 Å². The number of nitrogens with two attached hydrogens (primary N) is 1. The molecule has 2 rings (SSSR count). The lowest BCUT2D eigenvalue weighted by molar-refractivity contribution is -0.160. The van der Waals surface area contributed by atoms with Gasteiger partial charge in [0, 0.05) is 12.2 Å². The molecule has 2 unspecified atom stereocenters.